The molecule has 0 saturated carbocycles. The molecule has 0 saturated heterocycles. The first-order valence-electron chi connectivity index (χ1n) is 10.2. The zero-order chi connectivity index (χ0) is 22.5. The van der Waals surface area contributed by atoms with Crippen molar-refractivity contribution in [2.24, 2.45) is 0 Å². The van der Waals surface area contributed by atoms with Crippen molar-refractivity contribution in [3.63, 3.8) is 0 Å². The predicted molar refractivity (Wildman–Crippen MR) is 119 cm³/mol. The average Bonchev–Trinajstić information content (AvgIpc) is 2.74. The standard InChI is InChI=1S/C25H27NO5/c1-5-30-20-8-6-7-18(12-20)25-22(27)10-9-19(26-25)13-21-15(2)11-23(17(4)16(21)3)31-14-24(28)29/h6-12,27H,5,13-14H2,1-4H3,(H,28,29). The average molecular weight is 421 g/mol. The molecule has 162 valence electrons. The molecule has 0 atom stereocenters. The van der Waals surface area contributed by atoms with Crippen LogP contribution in [0, 0.1) is 20.8 Å². The van der Waals surface area contributed by atoms with E-state index in [2.05, 4.69) is 0 Å². The molecule has 31 heavy (non-hydrogen) atoms. The molecule has 1 heterocycles. The summed E-state index contributed by atoms with van der Waals surface area (Å²) >= 11 is 0. The number of aromatic nitrogens is 1. The van der Waals surface area contributed by atoms with Crippen LogP contribution in [0.1, 0.15) is 34.9 Å². The van der Waals surface area contributed by atoms with E-state index < -0.39 is 5.97 Å². The smallest absolute Gasteiger partial charge is 0.341 e. The number of carboxylic acid groups (broad SMARTS) is 1. The van der Waals surface area contributed by atoms with E-state index in [0.29, 0.717) is 24.5 Å². The topological polar surface area (TPSA) is 88.9 Å². The molecular formula is C25H27NO5. The van der Waals surface area contributed by atoms with Crippen LogP contribution in [0.2, 0.25) is 0 Å². The van der Waals surface area contributed by atoms with Crippen LogP contribution in [-0.2, 0) is 11.2 Å². The first kappa shape index (κ1) is 22.2. The molecule has 0 aliphatic rings. The number of hydrogen-bond donors (Lipinski definition) is 2. The molecule has 6 heteroatoms. The monoisotopic (exact) mass is 421 g/mol. The normalized spacial score (nSPS) is 10.7. The van der Waals surface area contributed by atoms with E-state index in [1.165, 1.54) is 0 Å². The molecule has 3 rings (SSSR count). The first-order valence-corrected chi connectivity index (χ1v) is 10.2. The van der Waals surface area contributed by atoms with Gasteiger partial charge in [0, 0.05) is 17.7 Å². The molecule has 3 aromatic rings. The minimum absolute atomic E-state index is 0.111. The van der Waals surface area contributed by atoms with E-state index in [1.54, 1.807) is 6.07 Å². The van der Waals surface area contributed by atoms with Gasteiger partial charge in [0.15, 0.2) is 6.61 Å². The molecule has 0 fully saturated rings. The quantitative estimate of drug-likeness (QED) is 0.541. The number of ether oxygens (including phenoxy) is 2. The Morgan fingerprint density at radius 2 is 1.81 bits per heavy atom. The predicted octanol–water partition coefficient (Wildman–Crippen LogP) is 4.83. The van der Waals surface area contributed by atoms with Crippen LogP contribution in [0.25, 0.3) is 11.3 Å². The third kappa shape index (κ3) is 5.15. The van der Waals surface area contributed by atoms with Crippen LogP contribution in [0.15, 0.2) is 42.5 Å². The Labute approximate surface area is 182 Å². The molecule has 2 N–H and O–H groups in total. The molecule has 0 unspecified atom stereocenters. The van der Waals surface area contributed by atoms with Gasteiger partial charge in [0.05, 0.1) is 6.61 Å². The molecule has 1 aromatic heterocycles. The van der Waals surface area contributed by atoms with Crippen molar-refractivity contribution in [3.05, 3.63) is 70.4 Å². The second kappa shape index (κ2) is 9.51. The number of hydrogen-bond acceptors (Lipinski definition) is 5. The summed E-state index contributed by atoms with van der Waals surface area (Å²) in [5.41, 5.74) is 6.16. The number of aryl methyl sites for hydroxylation is 1. The second-order valence-corrected chi connectivity index (χ2v) is 7.41. The van der Waals surface area contributed by atoms with Crippen molar-refractivity contribution in [3.8, 4) is 28.5 Å². The summed E-state index contributed by atoms with van der Waals surface area (Å²) in [4.78, 5) is 15.6. The van der Waals surface area contributed by atoms with Crippen LogP contribution in [0.5, 0.6) is 17.2 Å². The van der Waals surface area contributed by atoms with Crippen LogP contribution in [-0.4, -0.2) is 34.4 Å². The molecule has 0 amide bonds. The number of aromatic hydroxyl groups is 1. The lowest BCUT2D eigenvalue weighted by Gasteiger charge is -2.17. The fourth-order valence-electron chi connectivity index (χ4n) is 3.54. The summed E-state index contributed by atoms with van der Waals surface area (Å²) in [6.07, 6.45) is 0.580. The van der Waals surface area contributed by atoms with E-state index in [4.69, 9.17) is 19.6 Å². The maximum atomic E-state index is 10.8. The molecule has 0 spiro atoms. The summed E-state index contributed by atoms with van der Waals surface area (Å²) < 4.78 is 11.0. The molecule has 0 aliphatic heterocycles. The molecule has 2 aromatic carbocycles. The van der Waals surface area contributed by atoms with Crippen LogP contribution in [0.4, 0.5) is 0 Å². The number of nitrogens with zero attached hydrogens (tertiary/aromatic N) is 1. The van der Waals surface area contributed by atoms with E-state index >= 15 is 0 Å². The highest BCUT2D eigenvalue weighted by Crippen LogP contribution is 2.32. The Bertz CT molecular complexity index is 1110. The Hall–Kier alpha value is -3.54. The highest BCUT2D eigenvalue weighted by Gasteiger charge is 2.15. The molecule has 0 aliphatic carbocycles. The van der Waals surface area contributed by atoms with Crippen LogP contribution >= 0.6 is 0 Å². The Kier molecular flexibility index (Phi) is 6.80. The lowest BCUT2D eigenvalue weighted by atomic mass is 9.93. The summed E-state index contributed by atoms with van der Waals surface area (Å²) in [6.45, 7) is 8.01. The van der Waals surface area contributed by atoms with Crippen LogP contribution < -0.4 is 9.47 Å². The lowest BCUT2D eigenvalue weighted by Crippen LogP contribution is -2.11. The molecular weight excluding hydrogens is 394 g/mol. The highest BCUT2D eigenvalue weighted by atomic mass is 16.5. The number of aliphatic carboxylic acids is 1. The van der Waals surface area contributed by atoms with Gasteiger partial charge in [-0.15, -0.1) is 0 Å². The Morgan fingerprint density at radius 1 is 1.03 bits per heavy atom. The maximum absolute atomic E-state index is 10.8. The fourth-order valence-corrected chi connectivity index (χ4v) is 3.54. The summed E-state index contributed by atoms with van der Waals surface area (Å²) in [7, 11) is 0. The number of pyridine rings is 1. The van der Waals surface area contributed by atoms with Crippen molar-refractivity contribution >= 4 is 5.97 Å². The van der Waals surface area contributed by atoms with Gasteiger partial charge in [0.2, 0.25) is 0 Å². The van der Waals surface area contributed by atoms with E-state index in [1.807, 2.05) is 64.1 Å². The second-order valence-electron chi connectivity index (χ2n) is 7.41. The summed E-state index contributed by atoms with van der Waals surface area (Å²) in [5.74, 6) is 0.409. The third-order valence-electron chi connectivity index (χ3n) is 5.27. The largest absolute Gasteiger partial charge is 0.506 e. The van der Waals surface area contributed by atoms with Crippen molar-refractivity contribution in [1.82, 2.24) is 4.98 Å². The lowest BCUT2D eigenvalue weighted by molar-refractivity contribution is -0.139. The zero-order valence-electron chi connectivity index (χ0n) is 18.2. The van der Waals surface area contributed by atoms with Gasteiger partial charge in [-0.25, -0.2) is 9.78 Å². The van der Waals surface area contributed by atoms with Crippen molar-refractivity contribution in [2.45, 2.75) is 34.1 Å². The Balaban J connectivity index is 1.93. The maximum Gasteiger partial charge on any atom is 0.341 e. The third-order valence-corrected chi connectivity index (χ3v) is 5.27. The molecule has 0 bridgehead atoms. The number of carboxylic acids is 1. The summed E-state index contributed by atoms with van der Waals surface area (Å²) in [6, 6.07) is 12.8. The SMILES string of the molecule is CCOc1cccc(-c2nc(Cc3c(C)cc(OCC(=O)O)c(C)c3C)ccc2O)c1. The number of carbonyl (C=O) groups is 1. The fraction of sp³-hybridized carbons (Fsp3) is 0.280. The van der Waals surface area contributed by atoms with Crippen LogP contribution in [0.3, 0.4) is 0 Å². The van der Waals surface area contributed by atoms with Gasteiger partial charge in [-0.3, -0.25) is 0 Å². The van der Waals surface area contributed by atoms with Crippen molar-refractivity contribution < 1.29 is 24.5 Å². The van der Waals surface area contributed by atoms with Gasteiger partial charge in [-0.05, 0) is 80.3 Å². The highest BCUT2D eigenvalue weighted by molar-refractivity contribution is 5.69. The van der Waals surface area contributed by atoms with Gasteiger partial charge in [-0.2, -0.15) is 0 Å². The first-order chi connectivity index (χ1) is 14.8. The van der Waals surface area contributed by atoms with E-state index in [-0.39, 0.29) is 12.4 Å². The zero-order valence-corrected chi connectivity index (χ0v) is 18.2. The van der Waals surface area contributed by atoms with E-state index in [9.17, 15) is 9.90 Å². The van der Waals surface area contributed by atoms with Gasteiger partial charge < -0.3 is 19.7 Å². The van der Waals surface area contributed by atoms with Gasteiger partial charge in [0.1, 0.15) is 22.9 Å². The number of rotatable bonds is 8. The molecule has 6 nitrogen and oxygen atoms in total. The minimum Gasteiger partial charge on any atom is -0.506 e. The van der Waals surface area contributed by atoms with Crippen molar-refractivity contribution in [2.75, 3.05) is 13.2 Å². The van der Waals surface area contributed by atoms with Gasteiger partial charge >= 0.3 is 5.97 Å². The van der Waals surface area contributed by atoms with Gasteiger partial charge in [-0.1, -0.05) is 12.1 Å². The summed E-state index contributed by atoms with van der Waals surface area (Å²) in [5, 5.41) is 19.3. The van der Waals surface area contributed by atoms with Gasteiger partial charge in [0.25, 0.3) is 0 Å². The van der Waals surface area contributed by atoms with Crippen molar-refractivity contribution in [1.29, 1.82) is 0 Å². The number of benzene rings is 2. The van der Waals surface area contributed by atoms with E-state index in [0.717, 1.165) is 39.3 Å². The molecule has 0 radical (unpaired) electrons. The minimum atomic E-state index is -1.01. The Morgan fingerprint density at radius 3 is 2.52 bits per heavy atom.